The quantitative estimate of drug-likeness (QED) is 0.771. The minimum Gasteiger partial charge on any atom is -0.320 e. The zero-order chi connectivity index (χ0) is 10.2. The third kappa shape index (κ3) is 1.43. The molecule has 0 radical (unpaired) electrons. The Morgan fingerprint density at radius 1 is 1.71 bits per heavy atom. The Morgan fingerprint density at radius 3 is 3.07 bits per heavy atom. The van der Waals surface area contributed by atoms with E-state index in [1.54, 1.807) is 0 Å². The number of rotatable bonds is 2. The van der Waals surface area contributed by atoms with Crippen molar-refractivity contribution in [1.82, 2.24) is 15.0 Å². The lowest BCUT2D eigenvalue weighted by molar-refractivity contribution is 0.397. The van der Waals surface area contributed by atoms with Gasteiger partial charge in [0.1, 0.15) is 0 Å². The molecule has 0 saturated heterocycles. The Labute approximate surface area is 84.5 Å². The lowest BCUT2D eigenvalue weighted by atomic mass is 9.94. The summed E-state index contributed by atoms with van der Waals surface area (Å²) < 4.78 is 1.91. The van der Waals surface area contributed by atoms with Crippen molar-refractivity contribution >= 4 is 0 Å². The largest absolute Gasteiger partial charge is 0.320 e. The normalized spacial score (nSPS) is 32.4. The van der Waals surface area contributed by atoms with Gasteiger partial charge in [-0.15, -0.1) is 5.10 Å². The van der Waals surface area contributed by atoms with Gasteiger partial charge in [0.25, 0.3) is 0 Å². The highest BCUT2D eigenvalue weighted by molar-refractivity contribution is 5.13. The number of nitrogens with zero attached hydrogens (tertiary/aromatic N) is 3. The molecule has 2 N–H and O–H groups in total. The SMILES string of the molecule is CCn1nncc1C1(N)CCC(C)C1. The van der Waals surface area contributed by atoms with Crippen molar-refractivity contribution in [3.8, 4) is 0 Å². The van der Waals surface area contributed by atoms with Crippen LogP contribution in [0.15, 0.2) is 6.20 Å². The predicted molar refractivity (Wildman–Crippen MR) is 54.6 cm³/mol. The van der Waals surface area contributed by atoms with Gasteiger partial charge in [-0.3, -0.25) is 0 Å². The molecule has 0 bridgehead atoms. The van der Waals surface area contributed by atoms with Gasteiger partial charge in [-0.1, -0.05) is 12.1 Å². The van der Waals surface area contributed by atoms with E-state index >= 15 is 0 Å². The number of aromatic nitrogens is 3. The monoisotopic (exact) mass is 194 g/mol. The summed E-state index contributed by atoms with van der Waals surface area (Å²) in [5.74, 6) is 0.722. The fourth-order valence-corrected chi connectivity index (χ4v) is 2.44. The van der Waals surface area contributed by atoms with Gasteiger partial charge in [0.15, 0.2) is 0 Å². The number of hydrogen-bond acceptors (Lipinski definition) is 3. The van der Waals surface area contributed by atoms with Crippen LogP contribution < -0.4 is 5.73 Å². The Bertz CT molecular complexity index is 320. The van der Waals surface area contributed by atoms with Crippen LogP contribution in [0.2, 0.25) is 0 Å². The van der Waals surface area contributed by atoms with Crippen LogP contribution in [0.3, 0.4) is 0 Å². The molecule has 4 nitrogen and oxygen atoms in total. The van der Waals surface area contributed by atoms with Crippen LogP contribution in [-0.4, -0.2) is 15.0 Å². The van der Waals surface area contributed by atoms with E-state index in [2.05, 4.69) is 24.2 Å². The third-order valence-corrected chi connectivity index (χ3v) is 3.22. The van der Waals surface area contributed by atoms with Gasteiger partial charge in [0, 0.05) is 6.54 Å². The van der Waals surface area contributed by atoms with Crippen molar-refractivity contribution in [2.24, 2.45) is 11.7 Å². The lowest BCUT2D eigenvalue weighted by Crippen LogP contribution is -2.36. The van der Waals surface area contributed by atoms with Crippen LogP contribution in [0.1, 0.15) is 38.8 Å². The molecule has 4 heteroatoms. The Hall–Kier alpha value is -0.900. The molecule has 1 heterocycles. The maximum absolute atomic E-state index is 6.39. The van der Waals surface area contributed by atoms with Gasteiger partial charge in [-0.05, 0) is 32.1 Å². The first-order chi connectivity index (χ1) is 6.65. The summed E-state index contributed by atoms with van der Waals surface area (Å²) >= 11 is 0. The highest BCUT2D eigenvalue weighted by Gasteiger charge is 2.37. The second-order valence-electron chi connectivity index (χ2n) is 4.44. The topological polar surface area (TPSA) is 56.7 Å². The maximum Gasteiger partial charge on any atom is 0.0785 e. The van der Waals surface area contributed by atoms with E-state index in [0.717, 1.165) is 31.0 Å². The highest BCUT2D eigenvalue weighted by Crippen LogP contribution is 2.39. The molecule has 0 aliphatic heterocycles. The van der Waals surface area contributed by atoms with Crippen molar-refractivity contribution in [2.75, 3.05) is 0 Å². The van der Waals surface area contributed by atoms with E-state index in [9.17, 15) is 0 Å². The van der Waals surface area contributed by atoms with Crippen LogP contribution in [0.4, 0.5) is 0 Å². The van der Waals surface area contributed by atoms with Crippen LogP contribution in [-0.2, 0) is 12.1 Å². The molecule has 2 rings (SSSR count). The van der Waals surface area contributed by atoms with Crippen molar-refractivity contribution in [3.63, 3.8) is 0 Å². The summed E-state index contributed by atoms with van der Waals surface area (Å²) in [5.41, 5.74) is 7.31. The predicted octanol–water partition coefficient (Wildman–Crippen LogP) is 1.27. The van der Waals surface area contributed by atoms with Gasteiger partial charge in [-0.25, -0.2) is 4.68 Å². The zero-order valence-corrected chi connectivity index (χ0v) is 8.90. The highest BCUT2D eigenvalue weighted by atomic mass is 15.4. The second kappa shape index (κ2) is 3.35. The molecule has 14 heavy (non-hydrogen) atoms. The number of nitrogens with two attached hydrogens (primary N) is 1. The third-order valence-electron chi connectivity index (χ3n) is 3.22. The van der Waals surface area contributed by atoms with Gasteiger partial charge >= 0.3 is 0 Å². The number of hydrogen-bond donors (Lipinski definition) is 1. The summed E-state index contributed by atoms with van der Waals surface area (Å²) in [6.07, 6.45) is 5.15. The average Bonchev–Trinajstić information content (AvgIpc) is 2.73. The Morgan fingerprint density at radius 2 is 2.50 bits per heavy atom. The zero-order valence-electron chi connectivity index (χ0n) is 8.90. The molecule has 1 aromatic rings. The molecule has 1 aliphatic carbocycles. The molecule has 78 valence electrons. The Balaban J connectivity index is 2.30. The van der Waals surface area contributed by atoms with E-state index in [-0.39, 0.29) is 5.54 Å². The van der Waals surface area contributed by atoms with E-state index in [1.165, 1.54) is 6.42 Å². The van der Waals surface area contributed by atoms with Gasteiger partial charge < -0.3 is 5.73 Å². The van der Waals surface area contributed by atoms with Crippen molar-refractivity contribution < 1.29 is 0 Å². The minimum atomic E-state index is -0.182. The first kappa shape index (κ1) is 9.65. The summed E-state index contributed by atoms with van der Waals surface area (Å²) in [6.45, 7) is 5.18. The molecule has 1 aliphatic rings. The van der Waals surface area contributed by atoms with Crippen molar-refractivity contribution in [2.45, 2.75) is 45.2 Å². The smallest absolute Gasteiger partial charge is 0.0785 e. The standard InChI is InChI=1S/C10H18N4/c1-3-14-9(7-12-13-14)10(11)5-4-8(2)6-10/h7-8H,3-6,11H2,1-2H3. The van der Waals surface area contributed by atoms with Crippen LogP contribution in [0.5, 0.6) is 0 Å². The molecule has 0 aromatic carbocycles. The molecular formula is C10H18N4. The van der Waals surface area contributed by atoms with Crippen LogP contribution in [0, 0.1) is 5.92 Å². The molecule has 2 atom stereocenters. The fraction of sp³-hybridized carbons (Fsp3) is 0.800. The summed E-state index contributed by atoms with van der Waals surface area (Å²) in [5, 5.41) is 7.98. The molecular weight excluding hydrogens is 176 g/mol. The molecule has 2 unspecified atom stereocenters. The molecule has 1 fully saturated rings. The second-order valence-corrected chi connectivity index (χ2v) is 4.44. The van der Waals surface area contributed by atoms with Gasteiger partial charge in [0.05, 0.1) is 17.4 Å². The van der Waals surface area contributed by atoms with Crippen LogP contribution >= 0.6 is 0 Å². The first-order valence-electron chi connectivity index (χ1n) is 5.33. The molecule has 0 spiro atoms. The van der Waals surface area contributed by atoms with Gasteiger partial charge in [0.2, 0.25) is 0 Å². The minimum absolute atomic E-state index is 0.182. The van der Waals surface area contributed by atoms with E-state index < -0.39 is 0 Å². The first-order valence-corrected chi connectivity index (χ1v) is 5.33. The molecule has 0 amide bonds. The fourth-order valence-electron chi connectivity index (χ4n) is 2.44. The summed E-state index contributed by atoms with van der Waals surface area (Å²) in [7, 11) is 0. The van der Waals surface area contributed by atoms with Crippen molar-refractivity contribution in [1.29, 1.82) is 0 Å². The van der Waals surface area contributed by atoms with E-state index in [0.29, 0.717) is 0 Å². The van der Waals surface area contributed by atoms with Crippen molar-refractivity contribution in [3.05, 3.63) is 11.9 Å². The molecule has 1 aromatic heterocycles. The summed E-state index contributed by atoms with van der Waals surface area (Å²) in [4.78, 5) is 0. The maximum atomic E-state index is 6.39. The van der Waals surface area contributed by atoms with Crippen LogP contribution in [0.25, 0.3) is 0 Å². The molecule has 1 saturated carbocycles. The Kier molecular flexibility index (Phi) is 2.31. The average molecular weight is 194 g/mol. The summed E-state index contributed by atoms with van der Waals surface area (Å²) in [6, 6.07) is 0. The lowest BCUT2D eigenvalue weighted by Gasteiger charge is -2.23. The number of aryl methyl sites for hydroxylation is 1. The van der Waals surface area contributed by atoms with Gasteiger partial charge in [-0.2, -0.15) is 0 Å². The van der Waals surface area contributed by atoms with E-state index in [1.807, 2.05) is 10.9 Å². The van der Waals surface area contributed by atoms with E-state index in [4.69, 9.17) is 5.73 Å².